The van der Waals surface area contributed by atoms with E-state index in [1.54, 1.807) is 0 Å². The van der Waals surface area contributed by atoms with E-state index in [0.717, 1.165) is 16.7 Å². The van der Waals surface area contributed by atoms with Gasteiger partial charge >= 0.3 is 0 Å². The lowest BCUT2D eigenvalue weighted by Gasteiger charge is -2.12. The summed E-state index contributed by atoms with van der Waals surface area (Å²) in [4.78, 5) is 0. The summed E-state index contributed by atoms with van der Waals surface area (Å²) < 4.78 is 0. The minimum atomic E-state index is 1.04. The molecule has 0 saturated carbocycles. The molecule has 0 radical (unpaired) electrons. The third-order valence-electron chi connectivity index (χ3n) is 3.41. The normalized spacial score (nSPS) is 21.4. The van der Waals surface area contributed by atoms with Crippen LogP contribution in [0.25, 0.3) is 0 Å². The average molecular weight is 230 g/mol. The summed E-state index contributed by atoms with van der Waals surface area (Å²) in [5.41, 5.74) is 7.87. The molecule has 0 unspecified atom stereocenters. The summed E-state index contributed by atoms with van der Waals surface area (Å²) in [6.45, 7) is 12.3. The number of hydrogen-bond donors (Lipinski definition) is 0. The van der Waals surface area contributed by atoms with Gasteiger partial charge in [0.1, 0.15) is 0 Å². The van der Waals surface area contributed by atoms with E-state index in [9.17, 15) is 0 Å². The van der Waals surface area contributed by atoms with Gasteiger partial charge in [0, 0.05) is 0 Å². The van der Waals surface area contributed by atoms with Crippen molar-refractivity contribution in [3.63, 3.8) is 0 Å². The van der Waals surface area contributed by atoms with Crippen molar-refractivity contribution in [1.29, 1.82) is 0 Å². The lowest BCUT2D eigenvalue weighted by atomic mass is 9.91. The SMILES string of the molecule is C=C1C=CC=C1C1=C(C2=CC=CC2=C)C(=C)C=C1. The van der Waals surface area contributed by atoms with Crippen LogP contribution >= 0.6 is 0 Å². The van der Waals surface area contributed by atoms with Crippen LogP contribution < -0.4 is 0 Å². The molecule has 3 aliphatic carbocycles. The summed E-state index contributed by atoms with van der Waals surface area (Å²) in [6, 6.07) is 0. The quantitative estimate of drug-likeness (QED) is 0.654. The predicted molar refractivity (Wildman–Crippen MR) is 78.0 cm³/mol. The number of allylic oxidation sites excluding steroid dienone is 15. The minimum absolute atomic E-state index is 1.04. The van der Waals surface area contributed by atoms with Crippen LogP contribution in [0.15, 0.2) is 107 Å². The van der Waals surface area contributed by atoms with Crippen molar-refractivity contribution < 1.29 is 0 Å². The first-order chi connectivity index (χ1) is 8.68. The second-order valence-electron chi connectivity index (χ2n) is 4.58. The van der Waals surface area contributed by atoms with E-state index >= 15 is 0 Å². The van der Waals surface area contributed by atoms with Gasteiger partial charge in [-0.15, -0.1) is 0 Å². The molecule has 0 N–H and O–H groups in total. The van der Waals surface area contributed by atoms with Crippen LogP contribution in [0.3, 0.4) is 0 Å². The molecule has 0 heterocycles. The van der Waals surface area contributed by atoms with Crippen molar-refractivity contribution in [1.82, 2.24) is 0 Å². The zero-order valence-corrected chi connectivity index (χ0v) is 10.2. The van der Waals surface area contributed by atoms with E-state index in [1.807, 2.05) is 24.3 Å². The van der Waals surface area contributed by atoms with Crippen molar-refractivity contribution in [3.8, 4) is 0 Å². The average Bonchev–Trinajstić information content (AvgIpc) is 3.00. The van der Waals surface area contributed by atoms with Gasteiger partial charge in [0.05, 0.1) is 0 Å². The molecule has 86 valence electrons. The Hall–Kier alpha value is -2.34. The van der Waals surface area contributed by atoms with Gasteiger partial charge in [0.25, 0.3) is 0 Å². The Balaban J connectivity index is 2.13. The first kappa shape index (κ1) is 10.8. The van der Waals surface area contributed by atoms with Gasteiger partial charge in [-0.05, 0) is 39.0 Å². The smallest absolute Gasteiger partial charge is 0.00328 e. The highest BCUT2D eigenvalue weighted by molar-refractivity contribution is 5.76. The van der Waals surface area contributed by atoms with E-state index < -0.39 is 0 Å². The molecule has 3 aliphatic rings. The van der Waals surface area contributed by atoms with Crippen molar-refractivity contribution in [2.45, 2.75) is 0 Å². The zero-order chi connectivity index (χ0) is 12.7. The molecule has 0 saturated heterocycles. The van der Waals surface area contributed by atoms with E-state index in [1.165, 1.54) is 22.3 Å². The fraction of sp³-hybridized carbons (Fsp3) is 0. The molecule has 3 rings (SSSR count). The maximum Gasteiger partial charge on any atom is -0.00328 e. The van der Waals surface area contributed by atoms with E-state index in [0.29, 0.717) is 0 Å². The Morgan fingerprint density at radius 1 is 0.611 bits per heavy atom. The lowest BCUT2D eigenvalue weighted by molar-refractivity contribution is 1.41. The molecule has 0 fully saturated rings. The second-order valence-corrected chi connectivity index (χ2v) is 4.58. The van der Waals surface area contributed by atoms with Crippen LogP contribution in [-0.4, -0.2) is 0 Å². The molecule has 0 aromatic carbocycles. The van der Waals surface area contributed by atoms with Crippen LogP contribution in [0.2, 0.25) is 0 Å². The molecule has 18 heavy (non-hydrogen) atoms. The van der Waals surface area contributed by atoms with Crippen LogP contribution in [0.4, 0.5) is 0 Å². The van der Waals surface area contributed by atoms with E-state index in [2.05, 4.69) is 44.0 Å². The minimum Gasteiger partial charge on any atom is -0.0911 e. The van der Waals surface area contributed by atoms with Crippen LogP contribution in [-0.2, 0) is 0 Å². The molecule has 0 heteroatoms. The predicted octanol–water partition coefficient (Wildman–Crippen LogP) is 4.51. The maximum atomic E-state index is 4.13. The van der Waals surface area contributed by atoms with Crippen molar-refractivity contribution in [2.75, 3.05) is 0 Å². The fourth-order valence-corrected chi connectivity index (χ4v) is 2.49. The Labute approximate surface area is 108 Å². The zero-order valence-electron chi connectivity index (χ0n) is 10.2. The van der Waals surface area contributed by atoms with Crippen molar-refractivity contribution in [2.24, 2.45) is 0 Å². The fourth-order valence-electron chi connectivity index (χ4n) is 2.49. The molecule has 0 bridgehead atoms. The number of hydrogen-bond acceptors (Lipinski definition) is 0. The molecule has 0 aromatic heterocycles. The van der Waals surface area contributed by atoms with Crippen LogP contribution in [0.5, 0.6) is 0 Å². The van der Waals surface area contributed by atoms with Gasteiger partial charge in [0.2, 0.25) is 0 Å². The van der Waals surface area contributed by atoms with E-state index in [4.69, 9.17) is 0 Å². The Morgan fingerprint density at radius 3 is 1.78 bits per heavy atom. The summed E-state index contributed by atoms with van der Waals surface area (Å²) in [5, 5.41) is 0. The summed E-state index contributed by atoms with van der Waals surface area (Å²) in [6.07, 6.45) is 16.5. The standard InChI is InChI=1S/C18H14/c1-12-6-4-8-15(12)17-11-10-14(3)18(17)16-9-5-7-13(16)2/h4-11H,1-3H2. The molecule has 0 amide bonds. The van der Waals surface area contributed by atoms with Gasteiger partial charge < -0.3 is 0 Å². The maximum absolute atomic E-state index is 4.13. The summed E-state index contributed by atoms with van der Waals surface area (Å²) in [5.74, 6) is 0. The molecular weight excluding hydrogens is 216 g/mol. The molecular formula is C18H14. The highest BCUT2D eigenvalue weighted by atomic mass is 14.3. The highest BCUT2D eigenvalue weighted by Gasteiger charge is 2.22. The van der Waals surface area contributed by atoms with Crippen molar-refractivity contribution in [3.05, 3.63) is 107 Å². The third-order valence-corrected chi connectivity index (χ3v) is 3.41. The first-order valence-electron chi connectivity index (χ1n) is 5.96. The van der Waals surface area contributed by atoms with Crippen LogP contribution in [0.1, 0.15) is 0 Å². The second kappa shape index (κ2) is 3.85. The van der Waals surface area contributed by atoms with Gasteiger partial charge in [-0.3, -0.25) is 0 Å². The molecule has 0 atom stereocenters. The molecule has 0 spiro atoms. The van der Waals surface area contributed by atoms with Gasteiger partial charge in [-0.1, -0.05) is 68.3 Å². The molecule has 0 aromatic rings. The third kappa shape index (κ3) is 1.46. The van der Waals surface area contributed by atoms with Gasteiger partial charge in [0.15, 0.2) is 0 Å². The first-order valence-corrected chi connectivity index (χ1v) is 5.96. The summed E-state index contributed by atoms with van der Waals surface area (Å²) >= 11 is 0. The molecule has 0 nitrogen and oxygen atoms in total. The number of rotatable bonds is 2. The Kier molecular flexibility index (Phi) is 2.31. The largest absolute Gasteiger partial charge is 0.0911 e. The van der Waals surface area contributed by atoms with Gasteiger partial charge in [-0.25, -0.2) is 0 Å². The Morgan fingerprint density at radius 2 is 1.22 bits per heavy atom. The Bertz CT molecular complexity index is 623. The summed E-state index contributed by atoms with van der Waals surface area (Å²) in [7, 11) is 0. The van der Waals surface area contributed by atoms with Crippen molar-refractivity contribution >= 4 is 0 Å². The monoisotopic (exact) mass is 230 g/mol. The van der Waals surface area contributed by atoms with Crippen LogP contribution in [0, 0.1) is 0 Å². The molecule has 0 aliphatic heterocycles. The lowest BCUT2D eigenvalue weighted by Crippen LogP contribution is -1.95. The highest BCUT2D eigenvalue weighted by Crippen LogP contribution is 2.40. The van der Waals surface area contributed by atoms with Gasteiger partial charge in [-0.2, -0.15) is 0 Å². The topological polar surface area (TPSA) is 0 Å². The van der Waals surface area contributed by atoms with E-state index in [-0.39, 0.29) is 0 Å².